The van der Waals surface area contributed by atoms with Crippen LogP contribution in [0.15, 0.2) is 70.9 Å². The summed E-state index contributed by atoms with van der Waals surface area (Å²) in [6.45, 7) is 10.4. The van der Waals surface area contributed by atoms with Gasteiger partial charge in [-0.2, -0.15) is 0 Å². The Morgan fingerprint density at radius 1 is 1.09 bits per heavy atom. The van der Waals surface area contributed by atoms with E-state index in [1.807, 2.05) is 38.1 Å². The van der Waals surface area contributed by atoms with Gasteiger partial charge >= 0.3 is 0 Å². The summed E-state index contributed by atoms with van der Waals surface area (Å²) < 4.78 is 11.4. The van der Waals surface area contributed by atoms with Crippen molar-refractivity contribution in [1.82, 2.24) is 0 Å². The predicted molar refractivity (Wildman–Crippen MR) is 131 cm³/mol. The molecule has 1 fully saturated rings. The van der Waals surface area contributed by atoms with Gasteiger partial charge in [0, 0.05) is 16.8 Å². The number of aliphatic hydroxyl groups is 1. The van der Waals surface area contributed by atoms with Gasteiger partial charge in [0.25, 0.3) is 11.7 Å². The lowest BCUT2D eigenvalue weighted by Gasteiger charge is -2.25. The molecule has 34 heavy (non-hydrogen) atoms. The molecular weight excluding hydrogens is 430 g/mol. The minimum atomic E-state index is -0.888. The van der Waals surface area contributed by atoms with E-state index in [2.05, 4.69) is 20.8 Å². The second kappa shape index (κ2) is 8.86. The average molecular weight is 460 g/mol. The average Bonchev–Trinajstić information content (AvgIpc) is 3.41. The zero-order chi connectivity index (χ0) is 24.6. The van der Waals surface area contributed by atoms with Crippen molar-refractivity contribution >= 4 is 23.1 Å². The Morgan fingerprint density at radius 2 is 1.82 bits per heavy atom. The molecular formula is C28H29NO5. The fraction of sp³-hybridized carbons (Fsp3) is 0.286. The molecule has 0 radical (unpaired) electrons. The van der Waals surface area contributed by atoms with Crippen LogP contribution in [0.25, 0.3) is 5.76 Å². The number of benzene rings is 2. The quantitative estimate of drug-likeness (QED) is 0.291. The summed E-state index contributed by atoms with van der Waals surface area (Å²) in [6, 6.07) is 15.2. The third kappa shape index (κ3) is 4.00. The lowest BCUT2D eigenvalue weighted by molar-refractivity contribution is -0.132. The summed E-state index contributed by atoms with van der Waals surface area (Å²) in [5, 5.41) is 11.4. The van der Waals surface area contributed by atoms with Gasteiger partial charge in [-0.05, 0) is 61.2 Å². The molecule has 4 rings (SSSR count). The van der Waals surface area contributed by atoms with Gasteiger partial charge in [-0.3, -0.25) is 14.5 Å². The monoisotopic (exact) mass is 459 g/mol. The van der Waals surface area contributed by atoms with Crippen molar-refractivity contribution in [1.29, 1.82) is 0 Å². The standard InChI is InChI=1S/C28H29NO5/c1-6-33-21-14-13-18(16-19(21)28(3,4)5)25(30)23-24(22-12-9-15-34-22)29(27(32)26(23)31)20-11-8-7-10-17(20)2/h7-16,24,30H,6H2,1-5H3/b25-23-. The van der Waals surface area contributed by atoms with Crippen LogP contribution >= 0.6 is 0 Å². The largest absolute Gasteiger partial charge is 0.507 e. The molecule has 0 saturated carbocycles. The molecule has 1 aliphatic heterocycles. The third-order valence-electron chi connectivity index (χ3n) is 5.99. The fourth-order valence-corrected chi connectivity index (χ4v) is 4.33. The highest BCUT2D eigenvalue weighted by molar-refractivity contribution is 6.51. The summed E-state index contributed by atoms with van der Waals surface area (Å²) >= 11 is 0. The number of hydrogen-bond donors (Lipinski definition) is 1. The summed E-state index contributed by atoms with van der Waals surface area (Å²) in [5.41, 5.74) is 2.47. The van der Waals surface area contributed by atoms with Crippen molar-refractivity contribution in [3.8, 4) is 5.75 Å². The van der Waals surface area contributed by atoms with E-state index in [1.54, 1.807) is 30.3 Å². The number of hydrogen-bond acceptors (Lipinski definition) is 5. The molecule has 1 saturated heterocycles. The predicted octanol–water partition coefficient (Wildman–Crippen LogP) is 5.91. The Balaban J connectivity index is 1.93. The number of rotatable bonds is 5. The molecule has 1 atom stereocenters. The lowest BCUT2D eigenvalue weighted by Crippen LogP contribution is -2.29. The first-order valence-electron chi connectivity index (χ1n) is 11.3. The number of carbonyl (C=O) groups excluding carboxylic acids is 2. The highest BCUT2D eigenvalue weighted by Gasteiger charge is 2.48. The Hall–Kier alpha value is -3.80. The highest BCUT2D eigenvalue weighted by atomic mass is 16.5. The summed E-state index contributed by atoms with van der Waals surface area (Å²) in [7, 11) is 0. The van der Waals surface area contributed by atoms with Gasteiger partial charge in [-0.1, -0.05) is 39.0 Å². The molecule has 2 heterocycles. The first-order valence-corrected chi connectivity index (χ1v) is 11.3. The second-order valence-corrected chi connectivity index (χ2v) is 9.36. The molecule has 2 aromatic carbocycles. The Labute approximate surface area is 199 Å². The van der Waals surface area contributed by atoms with Crippen molar-refractivity contribution < 1.29 is 23.8 Å². The Morgan fingerprint density at radius 3 is 2.44 bits per heavy atom. The van der Waals surface area contributed by atoms with Crippen LogP contribution in [0.4, 0.5) is 5.69 Å². The van der Waals surface area contributed by atoms with Gasteiger partial charge in [0.15, 0.2) is 0 Å². The van der Waals surface area contributed by atoms with Crippen molar-refractivity contribution in [3.63, 3.8) is 0 Å². The molecule has 6 nitrogen and oxygen atoms in total. The van der Waals surface area contributed by atoms with Crippen molar-refractivity contribution in [2.24, 2.45) is 0 Å². The highest BCUT2D eigenvalue weighted by Crippen LogP contribution is 2.44. The van der Waals surface area contributed by atoms with Crippen LogP contribution in [0.1, 0.15) is 56.2 Å². The van der Waals surface area contributed by atoms with Gasteiger partial charge in [0.2, 0.25) is 0 Å². The Bertz CT molecular complexity index is 1260. The number of anilines is 1. The number of ether oxygens (including phenoxy) is 1. The van der Waals surface area contributed by atoms with Crippen LogP contribution < -0.4 is 9.64 Å². The zero-order valence-corrected chi connectivity index (χ0v) is 20.1. The van der Waals surface area contributed by atoms with Gasteiger partial charge in [0.05, 0.1) is 18.4 Å². The number of ketones is 1. The van der Waals surface area contributed by atoms with Crippen molar-refractivity contribution in [3.05, 3.63) is 88.9 Å². The number of carbonyl (C=O) groups is 2. The summed E-state index contributed by atoms with van der Waals surface area (Å²) in [5.74, 6) is -0.600. The van der Waals surface area contributed by atoms with Gasteiger partial charge < -0.3 is 14.3 Å². The number of nitrogens with zero attached hydrogens (tertiary/aromatic N) is 1. The van der Waals surface area contributed by atoms with E-state index in [9.17, 15) is 14.7 Å². The van der Waals surface area contributed by atoms with Crippen molar-refractivity contribution in [2.75, 3.05) is 11.5 Å². The number of Topliss-reactive ketones (excluding diaryl/α,β-unsaturated/α-hetero) is 1. The molecule has 176 valence electrons. The SMILES string of the molecule is CCOc1ccc(/C(O)=C2/C(=O)C(=O)N(c3ccccc3C)C2c2ccco2)cc1C(C)(C)C. The van der Waals surface area contributed by atoms with E-state index in [4.69, 9.17) is 9.15 Å². The first-order chi connectivity index (χ1) is 16.1. The molecule has 1 aromatic heterocycles. The van der Waals surface area contributed by atoms with Crippen LogP contribution in [-0.4, -0.2) is 23.4 Å². The fourth-order valence-electron chi connectivity index (χ4n) is 4.33. The smallest absolute Gasteiger partial charge is 0.300 e. The lowest BCUT2D eigenvalue weighted by atomic mass is 9.84. The summed E-state index contributed by atoms with van der Waals surface area (Å²) in [6.07, 6.45) is 1.49. The van der Waals surface area contributed by atoms with E-state index >= 15 is 0 Å². The zero-order valence-electron chi connectivity index (χ0n) is 20.1. The maximum atomic E-state index is 13.3. The maximum Gasteiger partial charge on any atom is 0.300 e. The van der Waals surface area contributed by atoms with Gasteiger partial charge in [0.1, 0.15) is 23.3 Å². The third-order valence-corrected chi connectivity index (χ3v) is 5.99. The number of furan rings is 1. The van der Waals surface area contributed by atoms with Gasteiger partial charge in [-0.15, -0.1) is 0 Å². The molecule has 0 spiro atoms. The van der Waals surface area contributed by atoms with E-state index in [0.29, 0.717) is 23.6 Å². The second-order valence-electron chi connectivity index (χ2n) is 9.36. The van der Waals surface area contributed by atoms with E-state index < -0.39 is 17.7 Å². The van der Waals surface area contributed by atoms with Crippen molar-refractivity contribution in [2.45, 2.75) is 46.1 Å². The van der Waals surface area contributed by atoms with Crippen LogP contribution in [-0.2, 0) is 15.0 Å². The first kappa shape index (κ1) is 23.4. The number of amides is 1. The van der Waals surface area contributed by atoms with E-state index in [-0.39, 0.29) is 16.7 Å². The molecule has 6 heteroatoms. The summed E-state index contributed by atoms with van der Waals surface area (Å²) in [4.78, 5) is 27.9. The van der Waals surface area contributed by atoms with E-state index in [1.165, 1.54) is 11.2 Å². The van der Waals surface area contributed by atoms with E-state index in [0.717, 1.165) is 16.9 Å². The molecule has 0 aliphatic carbocycles. The number of aryl methyl sites for hydroxylation is 1. The molecule has 1 amide bonds. The minimum absolute atomic E-state index is 0.00720. The molecule has 1 aliphatic rings. The number of para-hydroxylation sites is 1. The topological polar surface area (TPSA) is 80.0 Å². The molecule has 3 aromatic rings. The maximum absolute atomic E-state index is 13.3. The molecule has 1 N–H and O–H groups in total. The normalized spacial score (nSPS) is 17.9. The Kier molecular flexibility index (Phi) is 6.09. The van der Waals surface area contributed by atoms with Crippen LogP contribution in [0.2, 0.25) is 0 Å². The minimum Gasteiger partial charge on any atom is -0.507 e. The van der Waals surface area contributed by atoms with Gasteiger partial charge in [-0.25, -0.2) is 0 Å². The van der Waals surface area contributed by atoms with Crippen LogP contribution in [0.3, 0.4) is 0 Å². The van der Waals surface area contributed by atoms with Crippen LogP contribution in [0.5, 0.6) is 5.75 Å². The number of aliphatic hydroxyl groups excluding tert-OH is 1. The molecule has 0 bridgehead atoms. The molecule has 1 unspecified atom stereocenters. The van der Waals surface area contributed by atoms with Crippen LogP contribution in [0, 0.1) is 6.92 Å².